The monoisotopic (exact) mass is 561 g/mol. The third kappa shape index (κ3) is 12.0. The largest absolute Gasteiger partial charge is 0.271 e. The van der Waals surface area contributed by atoms with Gasteiger partial charge in [0.25, 0.3) is 0 Å². The van der Waals surface area contributed by atoms with Crippen LogP contribution in [0.5, 0.6) is 0 Å². The number of nitrogens with one attached hydrogen (secondary N) is 1. The molecule has 3 aromatic rings. The van der Waals surface area contributed by atoms with Gasteiger partial charge in [0, 0.05) is 44.8 Å². The number of benzene rings is 3. The fourth-order valence-electron chi connectivity index (χ4n) is 3.18. The molecule has 4 rings (SSSR count). The van der Waals surface area contributed by atoms with Gasteiger partial charge in [-0.25, -0.2) is 0 Å². The second-order valence-electron chi connectivity index (χ2n) is 6.67. The summed E-state index contributed by atoms with van der Waals surface area (Å²) in [6.07, 6.45) is 2.75. The van der Waals surface area contributed by atoms with Crippen molar-refractivity contribution in [2.45, 2.75) is 19.3 Å². The van der Waals surface area contributed by atoms with E-state index in [0.29, 0.717) is 0 Å². The zero-order valence-corrected chi connectivity index (χ0v) is 24.3. The maximum absolute atomic E-state index is 8.56. The zero-order valence-electron chi connectivity index (χ0n) is 20.6. The van der Waals surface area contributed by atoms with Gasteiger partial charge >= 0.3 is 0 Å². The quantitative estimate of drug-likeness (QED) is 0.152. The van der Waals surface area contributed by atoms with Crippen molar-refractivity contribution in [2.75, 3.05) is 7.05 Å². The molecule has 0 unspecified atom stereocenters. The van der Waals surface area contributed by atoms with Crippen molar-refractivity contribution in [3.8, 4) is 11.1 Å². The molecule has 1 aliphatic rings. The van der Waals surface area contributed by atoms with Crippen LogP contribution in [0.2, 0.25) is 0 Å². The molecule has 0 spiro atoms. The van der Waals surface area contributed by atoms with Gasteiger partial charge in [0.05, 0.1) is 7.05 Å². The maximum Gasteiger partial charge on any atom is 0.102 e. The third-order valence-corrected chi connectivity index (χ3v) is 4.83. The molecular weight excluding hydrogens is 527 g/mol. The molecule has 35 heavy (non-hydrogen) atoms. The van der Waals surface area contributed by atoms with Crippen LogP contribution in [-0.4, -0.2) is 17.7 Å². The van der Waals surface area contributed by atoms with E-state index in [1.807, 2.05) is 0 Å². The topological polar surface area (TPSA) is 53.8 Å². The Morgan fingerprint density at radius 1 is 0.886 bits per heavy atom. The van der Waals surface area contributed by atoms with Crippen molar-refractivity contribution in [3.63, 3.8) is 0 Å². The van der Waals surface area contributed by atoms with Gasteiger partial charge in [0.1, 0.15) is 4.99 Å². The smallest absolute Gasteiger partial charge is 0.102 e. The van der Waals surface area contributed by atoms with Crippen molar-refractivity contribution in [3.05, 3.63) is 123 Å². The molecule has 1 N–H and O–H groups in total. The van der Waals surface area contributed by atoms with Crippen molar-refractivity contribution in [1.82, 2.24) is 5.43 Å². The van der Waals surface area contributed by atoms with E-state index in [2.05, 4.69) is 123 Å². The normalized spacial score (nSPS) is 10.5. The molecule has 1 aliphatic heterocycles. The van der Waals surface area contributed by atoms with Gasteiger partial charge in [-0.05, 0) is 41.0 Å². The van der Waals surface area contributed by atoms with Crippen molar-refractivity contribution < 1.29 is 32.7 Å². The second kappa shape index (κ2) is 20.6. The number of nitrogens with zero attached hydrogens (tertiary/aromatic N) is 2. The molecule has 181 valence electrons. The van der Waals surface area contributed by atoms with E-state index in [9.17, 15) is 0 Å². The van der Waals surface area contributed by atoms with Crippen LogP contribution in [0.25, 0.3) is 21.9 Å². The van der Waals surface area contributed by atoms with E-state index in [0.717, 1.165) is 35.5 Å². The van der Waals surface area contributed by atoms with E-state index in [4.69, 9.17) is 17.1 Å². The van der Waals surface area contributed by atoms with E-state index in [1.165, 1.54) is 34.5 Å². The predicted octanol–water partition coefficient (Wildman–Crippen LogP) is 8.08. The van der Waals surface area contributed by atoms with Gasteiger partial charge in [-0.2, -0.15) is 34.6 Å². The number of nitroso groups, excluding NO2 is 1. The van der Waals surface area contributed by atoms with E-state index < -0.39 is 0 Å². The van der Waals surface area contributed by atoms with Crippen LogP contribution in [0.1, 0.15) is 24.0 Å². The summed E-state index contributed by atoms with van der Waals surface area (Å²) < 4.78 is 0. The second-order valence-corrected chi connectivity index (χ2v) is 7.16. The Kier molecular flexibility index (Phi) is 20.3. The van der Waals surface area contributed by atoms with Gasteiger partial charge in [0.2, 0.25) is 0 Å². The molecule has 0 aromatic heterocycles. The average molecular weight is 562 g/mol. The van der Waals surface area contributed by atoms with E-state index in [1.54, 1.807) is 0 Å². The zero-order chi connectivity index (χ0) is 25.9. The molecule has 3 aromatic carbocycles. The number of hydrogen-bond acceptors (Lipinski definition) is 4. The molecule has 0 atom stereocenters. The van der Waals surface area contributed by atoms with Crippen LogP contribution < -0.4 is 5.43 Å². The van der Waals surface area contributed by atoms with Gasteiger partial charge in [-0.15, -0.1) is 45.5 Å². The Balaban J connectivity index is 0. The predicted molar refractivity (Wildman–Crippen MR) is 155 cm³/mol. The first-order valence-corrected chi connectivity index (χ1v) is 11.0. The number of fused-ring (bicyclic) bond motifs is 1. The van der Waals surface area contributed by atoms with Crippen LogP contribution in [0.3, 0.4) is 0 Å². The van der Waals surface area contributed by atoms with Crippen molar-refractivity contribution >= 4 is 33.7 Å². The van der Waals surface area contributed by atoms with Crippen molar-refractivity contribution in [1.29, 1.82) is 0 Å². The Morgan fingerprint density at radius 2 is 1.40 bits per heavy atom. The Labute approximate surface area is 241 Å². The van der Waals surface area contributed by atoms with Crippen LogP contribution in [0.4, 0.5) is 0 Å². The summed E-state index contributed by atoms with van der Waals surface area (Å²) in [6, 6.07) is 21.7. The summed E-state index contributed by atoms with van der Waals surface area (Å²) >= 11 is 5.11. The number of hydrogen-bond donors (Lipinski definition) is 1. The Bertz CT molecular complexity index is 1080. The summed E-state index contributed by atoms with van der Waals surface area (Å²) in [5.41, 5.74) is 8.87. The van der Waals surface area contributed by atoms with Crippen LogP contribution in [0.15, 0.2) is 110 Å². The van der Waals surface area contributed by atoms with E-state index >= 15 is 0 Å². The fraction of sp³-hybridized carbons (Fsp3) is 0.138. The maximum atomic E-state index is 8.56. The molecule has 0 saturated carbocycles. The molecule has 6 heteroatoms. The SMILES string of the molecule is C=C.C=C.C=C.CN=O.[CH2-]c1ccc2cc(-c3ccc(CCC4=NNC(=S)C4)cc3)ccc2c1.[Y]. The first-order valence-electron chi connectivity index (χ1n) is 10.6. The molecule has 0 saturated heterocycles. The molecule has 0 fully saturated rings. The summed E-state index contributed by atoms with van der Waals surface area (Å²) in [5, 5.41) is 8.98. The molecule has 1 radical (unpaired) electrons. The van der Waals surface area contributed by atoms with Gasteiger partial charge in [0.15, 0.2) is 0 Å². The van der Waals surface area contributed by atoms with Gasteiger partial charge in [-0.3, -0.25) is 5.43 Å². The standard InChI is InChI=1S/C22H19N2S.3C2H4.CH3NO.Y/c1-15-2-6-20-13-19(10-9-18(20)12-15)17-7-3-16(4-8-17)5-11-21-14-22(25)24-23-21;3*1-2;1-2-3;/h2-4,6-10,12-13H,1,5,11,14H2,(H,24,25);3*1-2H2;1H3;/q-1;;;;;. The van der Waals surface area contributed by atoms with Gasteiger partial charge in [-0.1, -0.05) is 59.2 Å². The first-order chi connectivity index (χ1) is 16.6. The average Bonchev–Trinajstić information content (AvgIpc) is 3.32. The summed E-state index contributed by atoms with van der Waals surface area (Å²) in [6.45, 7) is 22.0. The minimum atomic E-state index is 0. The number of aryl methyl sites for hydroxylation is 1. The number of thiocarbonyl (C=S) groups is 1. The minimum absolute atomic E-state index is 0. The number of hydrazone groups is 1. The molecular formula is C29H34N3OSY-. The summed E-state index contributed by atoms with van der Waals surface area (Å²) in [7, 11) is 1.19. The van der Waals surface area contributed by atoms with Crippen LogP contribution in [-0.2, 0) is 39.1 Å². The van der Waals surface area contributed by atoms with E-state index in [-0.39, 0.29) is 32.7 Å². The van der Waals surface area contributed by atoms with Crippen molar-refractivity contribution in [2.24, 2.45) is 10.3 Å². The Morgan fingerprint density at radius 3 is 1.94 bits per heavy atom. The third-order valence-electron chi connectivity index (χ3n) is 4.60. The molecule has 0 bridgehead atoms. The molecule has 1 heterocycles. The first kappa shape index (κ1) is 34.4. The fourth-order valence-corrected chi connectivity index (χ4v) is 3.39. The van der Waals surface area contributed by atoms with Crippen LogP contribution >= 0.6 is 12.2 Å². The molecule has 4 nitrogen and oxygen atoms in total. The van der Waals surface area contributed by atoms with Crippen LogP contribution in [0, 0.1) is 11.8 Å². The number of rotatable bonds is 4. The molecule has 0 aliphatic carbocycles. The Hall–Kier alpha value is -2.73. The minimum Gasteiger partial charge on any atom is -0.271 e. The van der Waals surface area contributed by atoms with Gasteiger partial charge < -0.3 is 0 Å². The molecule has 0 amide bonds. The summed E-state index contributed by atoms with van der Waals surface area (Å²) in [5.74, 6) is 0. The summed E-state index contributed by atoms with van der Waals surface area (Å²) in [4.78, 5) is 9.38.